The topological polar surface area (TPSA) is 69.7 Å². The van der Waals surface area contributed by atoms with E-state index in [-0.39, 0.29) is 10.6 Å². The molecule has 0 N–H and O–H groups in total. The fourth-order valence-corrected chi connectivity index (χ4v) is 3.00. The van der Waals surface area contributed by atoms with E-state index in [2.05, 4.69) is 0 Å². The maximum absolute atomic E-state index is 12.3. The fraction of sp³-hybridized carbons (Fsp3) is 0.0870. The lowest BCUT2D eigenvalue weighted by Crippen LogP contribution is -2.14. The Balaban J connectivity index is 1.57. The van der Waals surface area contributed by atoms with Crippen LogP contribution in [0.1, 0.15) is 36.6 Å². The highest BCUT2D eigenvalue weighted by molar-refractivity contribution is 6.36. The van der Waals surface area contributed by atoms with E-state index in [1.807, 2.05) is 19.1 Å². The highest BCUT2D eigenvalue weighted by Crippen LogP contribution is 2.22. The molecule has 0 unspecified atom stereocenters. The van der Waals surface area contributed by atoms with Crippen molar-refractivity contribution in [2.75, 3.05) is 6.61 Å². The second-order valence-electron chi connectivity index (χ2n) is 6.40. The van der Waals surface area contributed by atoms with Gasteiger partial charge >= 0.3 is 11.9 Å². The summed E-state index contributed by atoms with van der Waals surface area (Å²) in [4.78, 5) is 36.5. The molecule has 0 heterocycles. The van der Waals surface area contributed by atoms with Crippen LogP contribution in [0.2, 0.25) is 10.0 Å². The molecule has 0 aromatic heterocycles. The lowest BCUT2D eigenvalue weighted by atomic mass is 10.1. The Morgan fingerprint density at radius 2 is 1.43 bits per heavy atom. The van der Waals surface area contributed by atoms with Crippen molar-refractivity contribution in [1.29, 1.82) is 0 Å². The van der Waals surface area contributed by atoms with Crippen molar-refractivity contribution >= 4 is 40.9 Å². The highest BCUT2D eigenvalue weighted by atomic mass is 35.5. The van der Waals surface area contributed by atoms with Crippen LogP contribution in [0.5, 0.6) is 5.75 Å². The van der Waals surface area contributed by atoms with E-state index in [0.29, 0.717) is 21.9 Å². The van der Waals surface area contributed by atoms with Crippen molar-refractivity contribution in [3.05, 3.63) is 99.0 Å². The van der Waals surface area contributed by atoms with Gasteiger partial charge < -0.3 is 9.47 Å². The number of ketones is 1. The van der Waals surface area contributed by atoms with Crippen LogP contribution in [0.4, 0.5) is 0 Å². The van der Waals surface area contributed by atoms with Gasteiger partial charge in [-0.2, -0.15) is 0 Å². The minimum Gasteiger partial charge on any atom is -0.454 e. The molecule has 152 valence electrons. The normalized spacial score (nSPS) is 10.4. The van der Waals surface area contributed by atoms with E-state index >= 15 is 0 Å². The van der Waals surface area contributed by atoms with Gasteiger partial charge in [0, 0.05) is 10.6 Å². The summed E-state index contributed by atoms with van der Waals surface area (Å²) in [5, 5.41) is 0.524. The molecule has 3 rings (SSSR count). The summed E-state index contributed by atoms with van der Waals surface area (Å²) in [6.07, 6.45) is 0. The number of halogens is 2. The first-order chi connectivity index (χ1) is 14.3. The molecule has 3 aromatic rings. The average Bonchev–Trinajstić information content (AvgIpc) is 2.72. The Morgan fingerprint density at radius 3 is 2.07 bits per heavy atom. The quantitative estimate of drug-likeness (QED) is 0.283. The van der Waals surface area contributed by atoms with Crippen LogP contribution in [-0.4, -0.2) is 24.3 Å². The average molecular weight is 443 g/mol. The van der Waals surface area contributed by atoms with E-state index in [1.165, 1.54) is 42.5 Å². The van der Waals surface area contributed by atoms with Gasteiger partial charge in [-0.25, -0.2) is 9.59 Å². The highest BCUT2D eigenvalue weighted by Gasteiger charge is 2.15. The van der Waals surface area contributed by atoms with Crippen LogP contribution in [0.25, 0.3) is 0 Å². The van der Waals surface area contributed by atoms with Crippen molar-refractivity contribution in [2.24, 2.45) is 0 Å². The summed E-state index contributed by atoms with van der Waals surface area (Å²) in [6.45, 7) is 1.46. The number of benzene rings is 3. The monoisotopic (exact) mass is 442 g/mol. The number of aryl methyl sites for hydroxylation is 1. The molecular formula is C23H16Cl2O5. The molecular weight excluding hydrogens is 427 g/mol. The second kappa shape index (κ2) is 9.57. The zero-order valence-electron chi connectivity index (χ0n) is 15.9. The smallest absolute Gasteiger partial charge is 0.343 e. The first-order valence-electron chi connectivity index (χ1n) is 8.88. The number of rotatable bonds is 6. The number of Topliss-reactive ketones (excluding diaryl/α,β-unsaturated/α-hetero) is 1. The predicted molar refractivity (Wildman–Crippen MR) is 114 cm³/mol. The molecule has 0 aliphatic rings. The summed E-state index contributed by atoms with van der Waals surface area (Å²) in [6, 6.07) is 17.3. The first-order valence-corrected chi connectivity index (χ1v) is 9.63. The fourth-order valence-electron chi connectivity index (χ4n) is 2.51. The Kier molecular flexibility index (Phi) is 6.87. The van der Waals surface area contributed by atoms with E-state index in [1.54, 1.807) is 12.1 Å². The Labute approximate surface area is 183 Å². The third-order valence-corrected chi connectivity index (χ3v) is 4.71. The summed E-state index contributed by atoms with van der Waals surface area (Å²) in [5.41, 5.74) is 1.88. The van der Waals surface area contributed by atoms with Gasteiger partial charge in [-0.3, -0.25) is 4.79 Å². The minimum atomic E-state index is -0.728. The zero-order chi connectivity index (χ0) is 21.7. The van der Waals surface area contributed by atoms with Crippen molar-refractivity contribution < 1.29 is 23.9 Å². The number of esters is 2. The van der Waals surface area contributed by atoms with Gasteiger partial charge in [-0.05, 0) is 61.5 Å². The molecule has 5 nitrogen and oxygen atoms in total. The number of carbonyl (C=O) groups excluding carboxylic acids is 3. The Bertz CT molecular complexity index is 1090. The molecule has 0 aliphatic carbocycles. The summed E-state index contributed by atoms with van der Waals surface area (Å²) >= 11 is 11.7. The number of hydrogen-bond donors (Lipinski definition) is 0. The van der Waals surface area contributed by atoms with E-state index in [4.69, 9.17) is 32.7 Å². The third kappa shape index (κ3) is 5.47. The molecule has 0 saturated heterocycles. The van der Waals surface area contributed by atoms with Crippen molar-refractivity contribution in [3.8, 4) is 5.75 Å². The molecule has 0 amide bonds. The molecule has 0 fully saturated rings. The van der Waals surface area contributed by atoms with E-state index in [0.717, 1.165) is 5.56 Å². The van der Waals surface area contributed by atoms with Gasteiger partial charge in [-0.1, -0.05) is 40.9 Å². The number of hydrogen-bond acceptors (Lipinski definition) is 5. The van der Waals surface area contributed by atoms with Crippen LogP contribution in [0.15, 0.2) is 66.7 Å². The summed E-state index contributed by atoms with van der Waals surface area (Å²) < 4.78 is 10.3. The van der Waals surface area contributed by atoms with Crippen LogP contribution < -0.4 is 4.74 Å². The maximum Gasteiger partial charge on any atom is 0.343 e. The third-order valence-electron chi connectivity index (χ3n) is 4.16. The molecule has 30 heavy (non-hydrogen) atoms. The van der Waals surface area contributed by atoms with Gasteiger partial charge in [0.15, 0.2) is 12.4 Å². The predicted octanol–water partition coefficient (Wildman–Crippen LogP) is 5.56. The molecule has 0 radical (unpaired) electrons. The molecule has 7 heteroatoms. The second-order valence-corrected chi connectivity index (χ2v) is 7.25. The molecule has 0 saturated carbocycles. The number of ether oxygens (including phenoxy) is 2. The standard InChI is InChI=1S/C23H16Cl2O5/c1-14-2-4-16(5-3-14)22(27)30-18-9-6-15(7-10-18)21(26)13-29-23(28)19-11-8-17(24)12-20(19)25/h2-12H,13H2,1H3. The van der Waals surface area contributed by atoms with Crippen molar-refractivity contribution in [2.45, 2.75) is 6.92 Å². The number of carbonyl (C=O) groups is 3. The van der Waals surface area contributed by atoms with Crippen LogP contribution in [0.3, 0.4) is 0 Å². The van der Waals surface area contributed by atoms with E-state index in [9.17, 15) is 14.4 Å². The molecule has 0 aliphatic heterocycles. The molecule has 0 bridgehead atoms. The van der Waals surface area contributed by atoms with Crippen LogP contribution >= 0.6 is 23.2 Å². The minimum absolute atomic E-state index is 0.118. The molecule has 0 atom stereocenters. The van der Waals surface area contributed by atoms with Crippen molar-refractivity contribution in [1.82, 2.24) is 0 Å². The Hall–Kier alpha value is -3.15. The Morgan fingerprint density at radius 1 is 0.800 bits per heavy atom. The summed E-state index contributed by atoms with van der Waals surface area (Å²) in [7, 11) is 0. The van der Waals surface area contributed by atoms with Gasteiger partial charge in [0.25, 0.3) is 0 Å². The first kappa shape index (κ1) is 21.6. The SMILES string of the molecule is Cc1ccc(C(=O)Oc2ccc(C(=O)COC(=O)c3ccc(Cl)cc3Cl)cc2)cc1. The molecule has 0 spiro atoms. The van der Waals surface area contributed by atoms with Gasteiger partial charge in [0.2, 0.25) is 0 Å². The van der Waals surface area contributed by atoms with Crippen molar-refractivity contribution in [3.63, 3.8) is 0 Å². The maximum atomic E-state index is 12.3. The van der Waals surface area contributed by atoms with Gasteiger partial charge in [0.1, 0.15) is 5.75 Å². The van der Waals surface area contributed by atoms with Gasteiger partial charge in [-0.15, -0.1) is 0 Å². The largest absolute Gasteiger partial charge is 0.454 e. The van der Waals surface area contributed by atoms with E-state index < -0.39 is 24.3 Å². The lowest BCUT2D eigenvalue weighted by Gasteiger charge is -2.07. The van der Waals surface area contributed by atoms with Gasteiger partial charge in [0.05, 0.1) is 16.1 Å². The molecule has 3 aromatic carbocycles. The summed E-state index contributed by atoms with van der Waals surface area (Å²) in [5.74, 6) is -1.34. The van der Waals surface area contributed by atoms with Crippen LogP contribution in [0, 0.1) is 6.92 Å². The van der Waals surface area contributed by atoms with Crippen LogP contribution in [-0.2, 0) is 4.74 Å². The zero-order valence-corrected chi connectivity index (χ0v) is 17.4. The lowest BCUT2D eigenvalue weighted by molar-refractivity contribution is 0.0474.